The summed E-state index contributed by atoms with van der Waals surface area (Å²) >= 11 is 0. The molecule has 0 unspecified atom stereocenters. The summed E-state index contributed by atoms with van der Waals surface area (Å²) in [6.07, 6.45) is -3.89. The fourth-order valence-corrected chi connectivity index (χ4v) is 1.54. The quantitative estimate of drug-likeness (QED) is 0.309. The van der Waals surface area contributed by atoms with E-state index in [0.717, 1.165) is 12.1 Å². The van der Waals surface area contributed by atoms with Crippen molar-refractivity contribution in [1.29, 1.82) is 0 Å². The molecule has 0 spiro atoms. The molecule has 6 nitrogen and oxygen atoms in total. The van der Waals surface area contributed by atoms with Gasteiger partial charge in [-0.2, -0.15) is 13.2 Å². The molecule has 0 aliphatic carbocycles. The lowest BCUT2D eigenvalue weighted by Crippen LogP contribution is -2.14. The van der Waals surface area contributed by atoms with Gasteiger partial charge in [-0.25, -0.2) is 10.8 Å². The van der Waals surface area contributed by atoms with Gasteiger partial charge in [0.25, 0.3) is 0 Å². The van der Waals surface area contributed by atoms with Crippen LogP contribution in [0.1, 0.15) is 25.3 Å². The van der Waals surface area contributed by atoms with Crippen molar-refractivity contribution in [3.05, 3.63) is 17.7 Å². The van der Waals surface area contributed by atoms with Gasteiger partial charge >= 0.3 is 12.1 Å². The van der Waals surface area contributed by atoms with Crippen LogP contribution in [-0.2, 0) is 15.7 Å². The average Bonchev–Trinajstić information content (AvgIpc) is 2.42. The molecule has 21 heavy (non-hydrogen) atoms. The number of ether oxygens (including phenoxy) is 1. The largest absolute Gasteiger partial charge is 0.466 e. The van der Waals surface area contributed by atoms with Crippen LogP contribution in [0.3, 0.4) is 0 Å². The lowest BCUT2D eigenvalue weighted by molar-refractivity contribution is -0.143. The monoisotopic (exact) mass is 306 g/mol. The first-order valence-electron chi connectivity index (χ1n) is 6.32. The van der Waals surface area contributed by atoms with E-state index in [4.69, 9.17) is 10.6 Å². The number of rotatable bonds is 7. The molecule has 0 fully saturated rings. The number of nitrogen functional groups attached to an aromatic ring is 1. The first-order chi connectivity index (χ1) is 9.86. The van der Waals surface area contributed by atoms with Gasteiger partial charge in [0.15, 0.2) is 0 Å². The van der Waals surface area contributed by atoms with Crippen LogP contribution >= 0.6 is 0 Å². The van der Waals surface area contributed by atoms with Gasteiger partial charge in [-0.15, -0.1) is 0 Å². The van der Waals surface area contributed by atoms with Crippen molar-refractivity contribution < 1.29 is 22.7 Å². The second kappa shape index (κ2) is 7.67. The summed E-state index contributed by atoms with van der Waals surface area (Å²) in [5.41, 5.74) is 1.22. The Morgan fingerprint density at radius 1 is 1.38 bits per heavy atom. The van der Waals surface area contributed by atoms with Crippen molar-refractivity contribution in [3.8, 4) is 0 Å². The molecule has 0 saturated carbocycles. The Hall–Kier alpha value is -2.03. The van der Waals surface area contributed by atoms with Crippen molar-refractivity contribution in [3.63, 3.8) is 0 Å². The minimum Gasteiger partial charge on any atom is -0.466 e. The number of carbonyl (C=O) groups excluding carboxylic acids is 1. The molecule has 1 rings (SSSR count). The van der Waals surface area contributed by atoms with Crippen LogP contribution in [-0.4, -0.2) is 24.1 Å². The summed E-state index contributed by atoms with van der Waals surface area (Å²) < 4.78 is 42.8. The number of hydrogen-bond donors (Lipinski definition) is 3. The Bertz CT molecular complexity index is 480. The minimum absolute atomic E-state index is 0.0293. The second-order valence-corrected chi connectivity index (χ2v) is 4.10. The Morgan fingerprint density at radius 2 is 2.05 bits per heavy atom. The molecule has 0 radical (unpaired) electrons. The Balaban J connectivity index is 2.60. The Labute approximate surface area is 119 Å². The number of halogens is 3. The molecule has 1 aromatic heterocycles. The highest BCUT2D eigenvalue weighted by atomic mass is 19.4. The van der Waals surface area contributed by atoms with Gasteiger partial charge in [-0.1, -0.05) is 0 Å². The fourth-order valence-electron chi connectivity index (χ4n) is 1.54. The summed E-state index contributed by atoms with van der Waals surface area (Å²) in [7, 11) is 0. The molecule has 4 N–H and O–H groups in total. The number of aromatic nitrogens is 1. The zero-order chi connectivity index (χ0) is 15.9. The van der Waals surface area contributed by atoms with Gasteiger partial charge in [-0.05, 0) is 25.5 Å². The number of hydrazine groups is 1. The molecule has 1 heterocycles. The Morgan fingerprint density at radius 3 is 2.62 bits per heavy atom. The number of alkyl halides is 3. The molecule has 118 valence electrons. The van der Waals surface area contributed by atoms with Crippen molar-refractivity contribution in [2.75, 3.05) is 23.9 Å². The summed E-state index contributed by atoms with van der Waals surface area (Å²) in [5.74, 6) is 4.67. The molecule has 0 aliphatic rings. The smallest absolute Gasteiger partial charge is 0.416 e. The summed E-state index contributed by atoms with van der Waals surface area (Å²) in [6.45, 7) is 2.29. The molecule has 0 aromatic carbocycles. The Kier molecular flexibility index (Phi) is 6.22. The lowest BCUT2D eigenvalue weighted by Gasteiger charge is -2.12. The van der Waals surface area contributed by atoms with Crippen LogP contribution in [0, 0.1) is 0 Å². The third-order valence-electron chi connectivity index (χ3n) is 2.47. The van der Waals surface area contributed by atoms with Crippen LogP contribution in [0.25, 0.3) is 0 Å². The van der Waals surface area contributed by atoms with Gasteiger partial charge in [0.1, 0.15) is 11.6 Å². The van der Waals surface area contributed by atoms with E-state index in [1.54, 1.807) is 6.92 Å². The van der Waals surface area contributed by atoms with Crippen molar-refractivity contribution in [1.82, 2.24) is 4.98 Å². The molecular formula is C12H17F3N4O2. The van der Waals surface area contributed by atoms with Gasteiger partial charge < -0.3 is 15.5 Å². The van der Waals surface area contributed by atoms with Crippen LogP contribution in [0.4, 0.5) is 24.8 Å². The van der Waals surface area contributed by atoms with E-state index >= 15 is 0 Å². The van der Waals surface area contributed by atoms with E-state index in [1.807, 2.05) is 0 Å². The summed E-state index contributed by atoms with van der Waals surface area (Å²) in [4.78, 5) is 15.0. The van der Waals surface area contributed by atoms with Gasteiger partial charge in [-0.3, -0.25) is 4.79 Å². The molecule has 0 aliphatic heterocycles. The third-order valence-corrected chi connectivity index (χ3v) is 2.47. The van der Waals surface area contributed by atoms with E-state index in [2.05, 4.69) is 15.7 Å². The fraction of sp³-hybridized carbons (Fsp3) is 0.500. The standard InChI is InChI=1S/C12H17F3N4O2/c1-2-21-11(20)4-3-5-17-9-6-8(12(13,14)15)7-10(18-9)19-16/h6-7H,2-5,16H2,1H3,(H2,17,18,19). The van der Waals surface area contributed by atoms with E-state index in [9.17, 15) is 18.0 Å². The first kappa shape index (κ1) is 17.0. The van der Waals surface area contributed by atoms with Crippen LogP contribution in [0.5, 0.6) is 0 Å². The van der Waals surface area contributed by atoms with Crippen molar-refractivity contribution in [2.45, 2.75) is 25.9 Å². The predicted molar refractivity (Wildman–Crippen MR) is 71.4 cm³/mol. The molecule has 1 aromatic rings. The topological polar surface area (TPSA) is 89.3 Å². The number of nitrogens with one attached hydrogen (secondary N) is 2. The average molecular weight is 306 g/mol. The highest BCUT2D eigenvalue weighted by Crippen LogP contribution is 2.31. The predicted octanol–water partition coefficient (Wildman–Crippen LogP) is 2.14. The van der Waals surface area contributed by atoms with Gasteiger partial charge in [0.05, 0.1) is 12.2 Å². The van der Waals surface area contributed by atoms with Crippen LogP contribution < -0.4 is 16.6 Å². The van der Waals surface area contributed by atoms with E-state index in [0.29, 0.717) is 13.0 Å². The van der Waals surface area contributed by atoms with Gasteiger partial charge in [0.2, 0.25) is 0 Å². The number of carbonyl (C=O) groups is 1. The van der Waals surface area contributed by atoms with Crippen molar-refractivity contribution in [2.24, 2.45) is 5.84 Å². The molecule has 0 atom stereocenters. The maximum atomic E-state index is 12.7. The highest BCUT2D eigenvalue weighted by Gasteiger charge is 2.31. The maximum absolute atomic E-state index is 12.7. The number of anilines is 2. The SMILES string of the molecule is CCOC(=O)CCCNc1cc(C(F)(F)F)cc(NN)n1. The minimum atomic E-state index is -4.49. The first-order valence-corrected chi connectivity index (χ1v) is 6.32. The number of hydrogen-bond acceptors (Lipinski definition) is 6. The molecular weight excluding hydrogens is 289 g/mol. The number of pyridine rings is 1. The maximum Gasteiger partial charge on any atom is 0.416 e. The summed E-state index contributed by atoms with van der Waals surface area (Å²) in [6, 6.07) is 1.69. The highest BCUT2D eigenvalue weighted by molar-refractivity contribution is 5.69. The second-order valence-electron chi connectivity index (χ2n) is 4.10. The van der Waals surface area contributed by atoms with Crippen molar-refractivity contribution >= 4 is 17.6 Å². The normalized spacial score (nSPS) is 11.1. The third kappa shape index (κ3) is 5.86. The molecule has 0 saturated heterocycles. The zero-order valence-corrected chi connectivity index (χ0v) is 11.5. The lowest BCUT2D eigenvalue weighted by atomic mass is 10.2. The van der Waals surface area contributed by atoms with Crippen LogP contribution in [0.2, 0.25) is 0 Å². The molecule has 9 heteroatoms. The zero-order valence-electron chi connectivity index (χ0n) is 11.5. The molecule has 0 bridgehead atoms. The van der Waals surface area contributed by atoms with Crippen LogP contribution in [0.15, 0.2) is 12.1 Å². The number of nitrogens with two attached hydrogens (primary N) is 1. The van der Waals surface area contributed by atoms with Gasteiger partial charge in [0, 0.05) is 13.0 Å². The number of nitrogens with zero attached hydrogens (tertiary/aromatic N) is 1. The number of esters is 1. The van der Waals surface area contributed by atoms with E-state index < -0.39 is 11.7 Å². The molecule has 0 amide bonds. The van der Waals surface area contributed by atoms with E-state index in [1.165, 1.54) is 0 Å². The van der Waals surface area contributed by atoms with E-state index in [-0.39, 0.29) is 30.6 Å². The summed E-state index contributed by atoms with van der Waals surface area (Å²) in [5, 5.41) is 2.71.